The van der Waals surface area contributed by atoms with Gasteiger partial charge in [-0.1, -0.05) is 11.6 Å². The van der Waals surface area contributed by atoms with Crippen molar-refractivity contribution in [3.63, 3.8) is 0 Å². The number of halogens is 4. The number of rotatable bonds is 2. The number of nitrogens with zero attached hydrogens (tertiary/aromatic N) is 3. The molecule has 100 valence electrons. The minimum Gasteiger partial charge on any atom is -0.478 e. The molecule has 0 spiro atoms. The summed E-state index contributed by atoms with van der Waals surface area (Å²) in [7, 11) is 0. The third-order valence-electron chi connectivity index (χ3n) is 2.19. The van der Waals surface area contributed by atoms with E-state index < -0.39 is 17.8 Å². The average Bonchev–Trinajstić information content (AvgIpc) is 2.78. The highest BCUT2D eigenvalue weighted by Gasteiger charge is 2.33. The van der Waals surface area contributed by atoms with E-state index in [1.54, 1.807) is 0 Å². The summed E-state index contributed by atoms with van der Waals surface area (Å²) in [6, 6.07) is 1.80. The first-order chi connectivity index (χ1) is 8.79. The van der Waals surface area contributed by atoms with Crippen LogP contribution in [0.3, 0.4) is 0 Å². The highest BCUT2D eigenvalue weighted by Crippen LogP contribution is 2.28. The molecule has 0 aliphatic carbocycles. The van der Waals surface area contributed by atoms with Gasteiger partial charge in [0.25, 0.3) is 0 Å². The Hall–Kier alpha value is -2.09. The van der Waals surface area contributed by atoms with E-state index in [0.717, 1.165) is 29.2 Å². The second-order valence-electron chi connectivity index (χ2n) is 3.47. The van der Waals surface area contributed by atoms with E-state index in [9.17, 15) is 18.0 Å². The minimum absolute atomic E-state index is 0.0719. The first kappa shape index (κ1) is 13.3. The molecule has 0 aliphatic heterocycles. The predicted octanol–water partition coefficient (Wildman–Crippen LogP) is 2.64. The lowest BCUT2D eigenvalue weighted by molar-refractivity contribution is -0.141. The first-order valence-electron chi connectivity index (χ1n) is 4.81. The monoisotopic (exact) mass is 291 g/mol. The molecule has 5 nitrogen and oxygen atoms in total. The maximum absolute atomic E-state index is 12.4. The molecule has 0 bridgehead atoms. The number of carbonyl (C=O) groups is 1. The van der Waals surface area contributed by atoms with Gasteiger partial charge in [0.1, 0.15) is 0 Å². The van der Waals surface area contributed by atoms with Crippen molar-refractivity contribution in [1.29, 1.82) is 0 Å². The molecule has 0 fully saturated rings. The number of carboxylic acids is 1. The van der Waals surface area contributed by atoms with Gasteiger partial charge in [-0.2, -0.15) is 18.3 Å². The Kier molecular flexibility index (Phi) is 3.19. The van der Waals surface area contributed by atoms with Crippen LogP contribution in [0.2, 0.25) is 5.02 Å². The van der Waals surface area contributed by atoms with Crippen LogP contribution in [0.5, 0.6) is 0 Å². The second kappa shape index (κ2) is 4.54. The standard InChI is InChI=1S/C10H5ClF3N3O2/c11-6-4-15-8(3-5(6)9(18)19)17-2-1-7(16-17)10(12,13)14/h1-4H,(H,18,19). The molecule has 0 aliphatic rings. The molecule has 9 heteroatoms. The molecule has 2 aromatic heterocycles. The number of aromatic carboxylic acids is 1. The number of pyridine rings is 1. The van der Waals surface area contributed by atoms with Crippen LogP contribution < -0.4 is 0 Å². The third-order valence-corrected chi connectivity index (χ3v) is 2.49. The summed E-state index contributed by atoms with van der Waals surface area (Å²) in [5.74, 6) is -1.38. The van der Waals surface area contributed by atoms with E-state index in [-0.39, 0.29) is 16.4 Å². The summed E-state index contributed by atoms with van der Waals surface area (Å²) in [4.78, 5) is 14.6. The quantitative estimate of drug-likeness (QED) is 0.923. The van der Waals surface area contributed by atoms with Crippen molar-refractivity contribution in [1.82, 2.24) is 14.8 Å². The van der Waals surface area contributed by atoms with Gasteiger partial charge in [-0.3, -0.25) is 0 Å². The summed E-state index contributed by atoms with van der Waals surface area (Å²) in [6.07, 6.45) is -2.51. The lowest BCUT2D eigenvalue weighted by Crippen LogP contribution is -2.08. The van der Waals surface area contributed by atoms with E-state index >= 15 is 0 Å². The maximum Gasteiger partial charge on any atom is 0.435 e. The molecular formula is C10H5ClF3N3O2. The van der Waals surface area contributed by atoms with Crippen molar-refractivity contribution < 1.29 is 23.1 Å². The van der Waals surface area contributed by atoms with E-state index in [1.165, 1.54) is 0 Å². The fourth-order valence-electron chi connectivity index (χ4n) is 1.32. The van der Waals surface area contributed by atoms with Crippen molar-refractivity contribution in [3.8, 4) is 5.82 Å². The van der Waals surface area contributed by atoms with E-state index in [4.69, 9.17) is 16.7 Å². The summed E-state index contributed by atoms with van der Waals surface area (Å²) >= 11 is 5.60. The molecule has 0 amide bonds. The zero-order valence-electron chi connectivity index (χ0n) is 9.02. The minimum atomic E-state index is -4.58. The van der Waals surface area contributed by atoms with E-state index in [1.807, 2.05) is 0 Å². The Labute approximate surface area is 109 Å². The third kappa shape index (κ3) is 2.68. The molecule has 0 atom stereocenters. The zero-order valence-corrected chi connectivity index (χ0v) is 9.77. The lowest BCUT2D eigenvalue weighted by Gasteiger charge is -2.04. The van der Waals surface area contributed by atoms with Gasteiger partial charge < -0.3 is 5.11 Å². The first-order valence-corrected chi connectivity index (χ1v) is 5.19. The van der Waals surface area contributed by atoms with Crippen LogP contribution in [0.25, 0.3) is 5.82 Å². The molecule has 0 saturated carbocycles. The van der Waals surface area contributed by atoms with Gasteiger partial charge in [0.15, 0.2) is 11.5 Å². The van der Waals surface area contributed by atoms with Crippen LogP contribution in [-0.4, -0.2) is 25.8 Å². The fourth-order valence-corrected chi connectivity index (χ4v) is 1.50. The SMILES string of the molecule is O=C(O)c1cc(-n2ccc(C(F)(F)F)n2)ncc1Cl. The molecule has 0 unspecified atom stereocenters. The van der Waals surface area contributed by atoms with Crippen molar-refractivity contribution in [2.45, 2.75) is 6.18 Å². The highest BCUT2D eigenvalue weighted by atomic mass is 35.5. The van der Waals surface area contributed by atoms with Crippen LogP contribution >= 0.6 is 11.6 Å². The molecule has 2 rings (SSSR count). The largest absolute Gasteiger partial charge is 0.478 e. The highest BCUT2D eigenvalue weighted by molar-refractivity contribution is 6.33. The van der Waals surface area contributed by atoms with E-state index in [0.29, 0.717) is 0 Å². The van der Waals surface area contributed by atoms with Gasteiger partial charge >= 0.3 is 12.1 Å². The number of alkyl halides is 3. The van der Waals surface area contributed by atoms with Crippen LogP contribution in [0.15, 0.2) is 24.5 Å². The average molecular weight is 292 g/mol. The molecule has 2 heterocycles. The van der Waals surface area contributed by atoms with Crippen molar-refractivity contribution in [3.05, 3.63) is 40.8 Å². The number of hydrogen-bond acceptors (Lipinski definition) is 3. The Balaban J connectivity index is 2.45. The Morgan fingerprint density at radius 1 is 1.42 bits per heavy atom. The molecule has 1 N–H and O–H groups in total. The van der Waals surface area contributed by atoms with Crippen LogP contribution in [0.4, 0.5) is 13.2 Å². The zero-order chi connectivity index (χ0) is 14.2. The fraction of sp³-hybridized carbons (Fsp3) is 0.100. The van der Waals surface area contributed by atoms with Crippen molar-refractivity contribution >= 4 is 17.6 Å². The summed E-state index contributed by atoms with van der Waals surface area (Å²) in [6.45, 7) is 0. The normalized spacial score (nSPS) is 11.6. The molecular weight excluding hydrogens is 287 g/mol. The number of aromatic nitrogens is 3. The predicted molar refractivity (Wildman–Crippen MR) is 58.3 cm³/mol. The van der Waals surface area contributed by atoms with Gasteiger partial charge in [0, 0.05) is 12.4 Å². The molecule has 0 aromatic carbocycles. The molecule has 0 radical (unpaired) electrons. The Bertz CT molecular complexity index is 639. The smallest absolute Gasteiger partial charge is 0.435 e. The Morgan fingerprint density at radius 3 is 2.63 bits per heavy atom. The summed E-state index contributed by atoms with van der Waals surface area (Å²) in [5.41, 5.74) is -1.36. The van der Waals surface area contributed by atoms with E-state index in [2.05, 4.69) is 10.1 Å². The molecule has 2 aromatic rings. The summed E-state index contributed by atoms with van der Waals surface area (Å²) in [5, 5.41) is 12.0. The van der Waals surface area contributed by atoms with Crippen molar-refractivity contribution in [2.24, 2.45) is 0 Å². The second-order valence-corrected chi connectivity index (χ2v) is 3.88. The van der Waals surface area contributed by atoms with Crippen LogP contribution in [0.1, 0.15) is 16.1 Å². The van der Waals surface area contributed by atoms with Gasteiger partial charge in [-0.25, -0.2) is 14.5 Å². The maximum atomic E-state index is 12.4. The molecule has 19 heavy (non-hydrogen) atoms. The Morgan fingerprint density at radius 2 is 2.11 bits per heavy atom. The number of hydrogen-bond donors (Lipinski definition) is 1. The molecule has 0 saturated heterocycles. The number of carboxylic acid groups (broad SMARTS) is 1. The van der Waals surface area contributed by atoms with Crippen LogP contribution in [0, 0.1) is 0 Å². The van der Waals surface area contributed by atoms with Crippen molar-refractivity contribution in [2.75, 3.05) is 0 Å². The topological polar surface area (TPSA) is 68.0 Å². The van der Waals surface area contributed by atoms with Gasteiger partial charge in [0.05, 0.1) is 10.6 Å². The lowest BCUT2D eigenvalue weighted by atomic mass is 10.2. The van der Waals surface area contributed by atoms with Gasteiger partial charge in [-0.05, 0) is 12.1 Å². The van der Waals surface area contributed by atoms with Crippen LogP contribution in [-0.2, 0) is 6.18 Å². The summed E-state index contributed by atoms with van der Waals surface area (Å²) < 4.78 is 38.0. The van der Waals surface area contributed by atoms with Gasteiger partial charge in [-0.15, -0.1) is 0 Å². The van der Waals surface area contributed by atoms with Gasteiger partial charge in [0.2, 0.25) is 0 Å².